The highest BCUT2D eigenvalue weighted by molar-refractivity contribution is 7.00. The molecule has 0 spiro atoms. The fourth-order valence-corrected chi connectivity index (χ4v) is 16.7. The lowest BCUT2D eigenvalue weighted by Crippen LogP contribution is -2.61. The van der Waals surface area contributed by atoms with Crippen LogP contribution >= 0.6 is 0 Å². The van der Waals surface area contributed by atoms with Gasteiger partial charge in [-0.15, -0.1) is 0 Å². The highest BCUT2D eigenvalue weighted by Crippen LogP contribution is 2.64. The van der Waals surface area contributed by atoms with E-state index >= 15 is 0 Å². The maximum absolute atomic E-state index is 2.87. The van der Waals surface area contributed by atoms with Crippen LogP contribution in [0.1, 0.15) is 191 Å². The van der Waals surface area contributed by atoms with E-state index in [4.69, 9.17) is 0 Å². The number of aryl methyl sites for hydroxylation is 4. The molecule has 0 bridgehead atoms. The van der Waals surface area contributed by atoms with Gasteiger partial charge in [0.1, 0.15) is 0 Å². The molecule has 406 valence electrons. The molecule has 0 saturated heterocycles. The van der Waals surface area contributed by atoms with Crippen LogP contribution in [0.25, 0.3) is 0 Å². The minimum Gasteiger partial charge on any atom is -0.334 e. The standard InChI is InChI=1S/C74H87BN4/c1-46-37-48(3)66-57(39-46)71(14)33-18-20-35-73(71,16)78(66)55-30-32-60-62(43-55)76(53-28-25-50(26-29-53)68(5,6)7)63-44-56(79-67-49(4)38-47(2)40-58(67)72(15)34-19-21-36-74(72,79)17)45-64-65(63)75(60)59-31-27-52(70(11,12)13)42-61(59)77(64)54-24-22-23-51(41-54)69(8,9)10/h22-32,37-45H,18-21,33-36H2,1-17H3. The van der Waals surface area contributed by atoms with Gasteiger partial charge < -0.3 is 19.6 Å². The van der Waals surface area contributed by atoms with E-state index < -0.39 is 0 Å². The molecule has 7 aromatic rings. The summed E-state index contributed by atoms with van der Waals surface area (Å²) < 4.78 is 0. The van der Waals surface area contributed by atoms with Gasteiger partial charge in [-0.3, -0.25) is 0 Å². The molecule has 4 heterocycles. The van der Waals surface area contributed by atoms with Crippen molar-refractivity contribution in [2.24, 2.45) is 0 Å². The molecule has 4 atom stereocenters. The summed E-state index contributed by atoms with van der Waals surface area (Å²) in [5, 5.41) is 0. The van der Waals surface area contributed by atoms with Crippen LogP contribution in [0.2, 0.25) is 0 Å². The number of rotatable bonds is 4. The summed E-state index contributed by atoms with van der Waals surface area (Å²) in [6, 6.07) is 49.7. The first-order valence-corrected chi connectivity index (χ1v) is 30.3. The Morgan fingerprint density at radius 3 is 1.35 bits per heavy atom. The molecule has 2 aliphatic carbocycles. The molecule has 4 aliphatic heterocycles. The molecule has 2 saturated carbocycles. The molecule has 7 aromatic carbocycles. The van der Waals surface area contributed by atoms with Crippen LogP contribution in [0.4, 0.5) is 56.9 Å². The van der Waals surface area contributed by atoms with Crippen molar-refractivity contribution in [3.05, 3.63) is 171 Å². The number of benzene rings is 7. The molecule has 6 aliphatic rings. The lowest BCUT2D eigenvalue weighted by molar-refractivity contribution is 0.195. The SMILES string of the molecule is Cc1cc(C)c2c(c1)C1(C)CCCCC1(C)N2c1ccc2c(c1)N(c1ccc(C(C)(C)C)cc1)c1cc(N3c4c(C)cc(C)cc4C4(C)CCCCC34C)cc3c1B2c1ccc(C(C)(C)C)cc1N3c1cccc(C(C)(C)C)c1. The van der Waals surface area contributed by atoms with Crippen molar-refractivity contribution in [3.63, 3.8) is 0 Å². The van der Waals surface area contributed by atoms with Gasteiger partial charge in [-0.25, -0.2) is 0 Å². The van der Waals surface area contributed by atoms with Crippen molar-refractivity contribution >= 4 is 80.0 Å². The predicted molar refractivity (Wildman–Crippen MR) is 341 cm³/mol. The zero-order valence-electron chi connectivity index (χ0n) is 51.1. The second-order valence-electron chi connectivity index (χ2n) is 29.6. The van der Waals surface area contributed by atoms with Crippen molar-refractivity contribution in [3.8, 4) is 0 Å². The zero-order valence-corrected chi connectivity index (χ0v) is 51.1. The topological polar surface area (TPSA) is 13.0 Å². The summed E-state index contributed by atoms with van der Waals surface area (Å²) in [5.74, 6) is 0. The Morgan fingerprint density at radius 2 is 0.823 bits per heavy atom. The summed E-state index contributed by atoms with van der Waals surface area (Å²) in [7, 11) is 0. The fraction of sp³-hybridized carbons (Fsp3) is 0.432. The van der Waals surface area contributed by atoms with Crippen molar-refractivity contribution < 1.29 is 0 Å². The van der Waals surface area contributed by atoms with Crippen molar-refractivity contribution in [1.82, 2.24) is 0 Å². The van der Waals surface area contributed by atoms with Gasteiger partial charge in [-0.05, 0) is 193 Å². The van der Waals surface area contributed by atoms with Crippen LogP contribution < -0.4 is 36.0 Å². The average Bonchev–Trinajstić information content (AvgIpc) is 2.64. The maximum Gasteiger partial charge on any atom is 0.252 e. The minimum absolute atomic E-state index is 0.0102. The fourth-order valence-electron chi connectivity index (χ4n) is 16.7. The maximum atomic E-state index is 2.87. The molecule has 4 unspecified atom stereocenters. The minimum atomic E-state index is -0.143. The van der Waals surface area contributed by atoms with Gasteiger partial charge in [-0.1, -0.05) is 180 Å². The van der Waals surface area contributed by atoms with Crippen molar-refractivity contribution in [2.75, 3.05) is 19.6 Å². The van der Waals surface area contributed by atoms with E-state index in [2.05, 4.69) is 259 Å². The molecule has 4 nitrogen and oxygen atoms in total. The Labute approximate surface area is 475 Å². The number of nitrogens with zero attached hydrogens (tertiary/aromatic N) is 4. The van der Waals surface area contributed by atoms with Gasteiger partial charge in [0.2, 0.25) is 0 Å². The van der Waals surface area contributed by atoms with E-state index in [9.17, 15) is 0 Å². The van der Waals surface area contributed by atoms with Crippen LogP contribution in [0.5, 0.6) is 0 Å². The van der Waals surface area contributed by atoms with Gasteiger partial charge in [0.15, 0.2) is 0 Å². The highest BCUT2D eigenvalue weighted by Gasteiger charge is 2.60. The van der Waals surface area contributed by atoms with Gasteiger partial charge in [0.05, 0.1) is 11.1 Å². The van der Waals surface area contributed by atoms with E-state index in [0.29, 0.717) is 0 Å². The second-order valence-corrected chi connectivity index (χ2v) is 29.6. The summed E-state index contributed by atoms with van der Waals surface area (Å²) >= 11 is 0. The lowest BCUT2D eigenvalue weighted by Gasteiger charge is -2.51. The van der Waals surface area contributed by atoms with E-state index in [1.807, 2.05) is 0 Å². The Kier molecular flexibility index (Phi) is 11.3. The highest BCUT2D eigenvalue weighted by atomic mass is 15.3. The quantitative estimate of drug-likeness (QED) is 0.163. The van der Waals surface area contributed by atoms with Crippen LogP contribution in [-0.4, -0.2) is 17.8 Å². The zero-order chi connectivity index (χ0) is 55.9. The Balaban J connectivity index is 1.16. The third kappa shape index (κ3) is 7.38. The van der Waals surface area contributed by atoms with Crippen molar-refractivity contribution in [1.29, 1.82) is 0 Å². The molecular formula is C74H87BN4. The van der Waals surface area contributed by atoms with Crippen LogP contribution in [0.3, 0.4) is 0 Å². The molecule has 5 heteroatoms. The van der Waals surface area contributed by atoms with Crippen LogP contribution in [0, 0.1) is 27.7 Å². The van der Waals surface area contributed by atoms with Gasteiger partial charge >= 0.3 is 0 Å². The summed E-state index contributed by atoms with van der Waals surface area (Å²) in [6.45, 7) is 41.0. The molecule has 79 heavy (non-hydrogen) atoms. The van der Waals surface area contributed by atoms with Gasteiger partial charge in [-0.2, -0.15) is 0 Å². The third-order valence-corrected chi connectivity index (χ3v) is 21.5. The number of hydrogen-bond acceptors (Lipinski definition) is 4. The monoisotopic (exact) mass is 1040 g/mol. The van der Waals surface area contributed by atoms with Gasteiger partial charge in [0.25, 0.3) is 6.71 Å². The molecular weight excluding hydrogens is 956 g/mol. The smallest absolute Gasteiger partial charge is 0.252 e. The molecule has 0 radical (unpaired) electrons. The normalized spacial score (nSPS) is 23.9. The lowest BCUT2D eigenvalue weighted by atomic mass is 9.33. The van der Waals surface area contributed by atoms with Gasteiger partial charge in [0, 0.05) is 67.7 Å². The largest absolute Gasteiger partial charge is 0.334 e. The Bertz CT molecular complexity index is 3680. The number of hydrogen-bond donors (Lipinski definition) is 0. The number of anilines is 10. The first-order chi connectivity index (χ1) is 37.2. The van der Waals surface area contributed by atoms with E-state index in [1.54, 1.807) is 0 Å². The van der Waals surface area contributed by atoms with E-state index in [1.165, 1.54) is 162 Å². The molecule has 0 amide bonds. The predicted octanol–water partition coefficient (Wildman–Crippen LogP) is 18.4. The molecule has 13 rings (SSSR count). The molecule has 0 N–H and O–H groups in total. The number of fused-ring (bicyclic) bond motifs is 10. The molecule has 0 aromatic heterocycles. The van der Waals surface area contributed by atoms with Crippen LogP contribution in [-0.2, 0) is 27.1 Å². The first-order valence-electron chi connectivity index (χ1n) is 30.3. The second kappa shape index (κ2) is 17.2. The van der Waals surface area contributed by atoms with Crippen molar-refractivity contribution in [2.45, 2.75) is 207 Å². The average molecular weight is 1040 g/mol. The van der Waals surface area contributed by atoms with E-state index in [-0.39, 0.29) is 44.9 Å². The first kappa shape index (κ1) is 52.2. The van der Waals surface area contributed by atoms with E-state index in [0.717, 1.165) is 12.8 Å². The Morgan fingerprint density at radius 1 is 0.392 bits per heavy atom. The Hall–Kier alpha value is -6.20. The molecule has 2 fully saturated rings. The summed E-state index contributed by atoms with van der Waals surface area (Å²) in [4.78, 5) is 11.1. The summed E-state index contributed by atoms with van der Waals surface area (Å²) in [5.41, 5.74) is 29.3. The third-order valence-electron chi connectivity index (χ3n) is 21.5. The van der Waals surface area contributed by atoms with Crippen LogP contribution in [0.15, 0.2) is 121 Å². The summed E-state index contributed by atoms with van der Waals surface area (Å²) in [6.07, 6.45) is 9.67.